The molecule has 0 amide bonds. The van der Waals surface area contributed by atoms with Crippen LogP contribution in [0.2, 0.25) is 0 Å². The summed E-state index contributed by atoms with van der Waals surface area (Å²) in [6, 6.07) is 8.12. The Balaban J connectivity index is 1.70. The molecule has 7 heteroatoms. The van der Waals surface area contributed by atoms with E-state index in [1.54, 1.807) is 12.1 Å². The first-order valence-corrected chi connectivity index (χ1v) is 8.04. The predicted octanol–water partition coefficient (Wildman–Crippen LogP) is 4.99. The number of fused-ring (bicyclic) bond motifs is 1. The lowest BCUT2D eigenvalue weighted by Crippen LogP contribution is -2.18. The van der Waals surface area contributed by atoms with E-state index in [4.69, 9.17) is 0 Å². The van der Waals surface area contributed by atoms with Crippen LogP contribution in [0.15, 0.2) is 36.4 Å². The van der Waals surface area contributed by atoms with E-state index in [0.29, 0.717) is 22.6 Å². The van der Waals surface area contributed by atoms with Gasteiger partial charge < -0.3 is 9.88 Å². The highest BCUT2D eigenvalue weighted by atomic mass is 19.4. The molecule has 0 bridgehead atoms. The Bertz CT molecular complexity index is 924. The maximum atomic E-state index is 14.4. The predicted molar refractivity (Wildman–Crippen MR) is 87.9 cm³/mol. The molecule has 1 saturated heterocycles. The van der Waals surface area contributed by atoms with Crippen molar-refractivity contribution in [1.82, 2.24) is 9.97 Å². The summed E-state index contributed by atoms with van der Waals surface area (Å²) < 4.78 is 52.8. The minimum absolute atomic E-state index is 0.272. The number of H-pyrrole nitrogens is 1. The number of imidazole rings is 1. The molecule has 3 aromatic rings. The van der Waals surface area contributed by atoms with Crippen molar-refractivity contribution in [2.45, 2.75) is 19.0 Å². The summed E-state index contributed by atoms with van der Waals surface area (Å²) in [7, 11) is 0. The van der Waals surface area contributed by atoms with Crippen molar-refractivity contribution < 1.29 is 17.6 Å². The molecule has 0 saturated carbocycles. The number of rotatable bonds is 2. The summed E-state index contributed by atoms with van der Waals surface area (Å²) >= 11 is 0. The number of halogens is 4. The molecular weight excluding hydrogens is 334 g/mol. The van der Waals surface area contributed by atoms with E-state index in [9.17, 15) is 17.6 Å². The molecule has 130 valence electrons. The van der Waals surface area contributed by atoms with Crippen molar-refractivity contribution in [3.8, 4) is 11.4 Å². The van der Waals surface area contributed by atoms with Crippen molar-refractivity contribution in [2.24, 2.45) is 0 Å². The number of alkyl halides is 3. The van der Waals surface area contributed by atoms with Gasteiger partial charge in [-0.05, 0) is 49.2 Å². The lowest BCUT2D eigenvalue weighted by molar-refractivity contribution is -0.137. The lowest BCUT2D eigenvalue weighted by atomic mass is 10.1. The third-order valence-corrected chi connectivity index (χ3v) is 4.48. The van der Waals surface area contributed by atoms with Crippen LogP contribution in [0.4, 0.5) is 23.2 Å². The summed E-state index contributed by atoms with van der Waals surface area (Å²) in [5, 5.41) is 0. The summed E-state index contributed by atoms with van der Waals surface area (Å²) in [5.41, 5.74) is 0.994. The third kappa shape index (κ3) is 2.94. The second kappa shape index (κ2) is 5.75. The van der Waals surface area contributed by atoms with Crippen LogP contribution >= 0.6 is 0 Å². The minimum Gasteiger partial charge on any atom is -0.369 e. The van der Waals surface area contributed by atoms with E-state index in [1.807, 2.05) is 4.90 Å². The van der Waals surface area contributed by atoms with Crippen molar-refractivity contribution in [3.63, 3.8) is 0 Å². The molecule has 4 rings (SSSR count). The van der Waals surface area contributed by atoms with Crippen LogP contribution in [0.25, 0.3) is 22.4 Å². The number of nitrogens with zero attached hydrogens (tertiary/aromatic N) is 2. The SMILES string of the molecule is Fc1cc(-c2nc3ccc(C(F)(F)F)cc3[nH]2)ccc1N1CCCC1. The first-order valence-electron chi connectivity index (χ1n) is 8.04. The summed E-state index contributed by atoms with van der Waals surface area (Å²) in [4.78, 5) is 9.11. The second-order valence-electron chi connectivity index (χ2n) is 6.18. The van der Waals surface area contributed by atoms with Gasteiger partial charge in [-0.25, -0.2) is 9.37 Å². The number of nitrogens with one attached hydrogen (secondary N) is 1. The topological polar surface area (TPSA) is 31.9 Å². The zero-order chi connectivity index (χ0) is 17.6. The molecule has 1 N–H and O–H groups in total. The number of benzene rings is 2. The molecule has 2 heterocycles. The summed E-state index contributed by atoms with van der Waals surface area (Å²) in [5.74, 6) is -0.00275. The van der Waals surface area contributed by atoms with Crippen molar-refractivity contribution in [3.05, 3.63) is 47.8 Å². The third-order valence-electron chi connectivity index (χ3n) is 4.48. The molecule has 2 aromatic carbocycles. The van der Waals surface area contributed by atoms with E-state index in [2.05, 4.69) is 9.97 Å². The summed E-state index contributed by atoms with van der Waals surface area (Å²) in [6.45, 7) is 1.67. The van der Waals surface area contributed by atoms with Gasteiger partial charge in [0, 0.05) is 18.7 Å². The maximum Gasteiger partial charge on any atom is 0.416 e. The van der Waals surface area contributed by atoms with Crippen LogP contribution in [0.5, 0.6) is 0 Å². The van der Waals surface area contributed by atoms with E-state index in [-0.39, 0.29) is 11.3 Å². The molecule has 0 radical (unpaired) electrons. The van der Waals surface area contributed by atoms with Gasteiger partial charge in [0.15, 0.2) is 0 Å². The highest BCUT2D eigenvalue weighted by Gasteiger charge is 2.30. The number of aromatic amines is 1. The Labute approximate surface area is 141 Å². The van der Waals surface area contributed by atoms with Crippen LogP contribution in [0.3, 0.4) is 0 Å². The first kappa shape index (κ1) is 15.9. The van der Waals surface area contributed by atoms with Gasteiger partial charge in [-0.3, -0.25) is 0 Å². The number of aromatic nitrogens is 2. The fourth-order valence-corrected chi connectivity index (χ4v) is 3.19. The van der Waals surface area contributed by atoms with Crippen LogP contribution in [-0.2, 0) is 6.18 Å². The zero-order valence-corrected chi connectivity index (χ0v) is 13.2. The van der Waals surface area contributed by atoms with E-state index in [0.717, 1.165) is 38.1 Å². The standard InChI is InChI=1S/C18H15F4N3/c19-13-9-11(3-6-16(13)25-7-1-2-8-25)17-23-14-5-4-12(18(20,21)22)10-15(14)24-17/h3-6,9-10H,1-2,7-8H2,(H,23,24). The molecule has 3 nitrogen and oxygen atoms in total. The molecular formula is C18H15F4N3. The largest absolute Gasteiger partial charge is 0.416 e. The number of hydrogen-bond acceptors (Lipinski definition) is 2. The average molecular weight is 349 g/mol. The Hall–Kier alpha value is -2.57. The Morgan fingerprint density at radius 1 is 1.00 bits per heavy atom. The van der Waals surface area contributed by atoms with Crippen molar-refractivity contribution in [1.29, 1.82) is 0 Å². The first-order chi connectivity index (χ1) is 11.9. The molecule has 1 aliphatic heterocycles. The monoisotopic (exact) mass is 349 g/mol. The van der Waals surface area contributed by atoms with Crippen LogP contribution < -0.4 is 4.90 Å². The van der Waals surface area contributed by atoms with E-state index >= 15 is 0 Å². The lowest BCUT2D eigenvalue weighted by Gasteiger charge is -2.18. The fourth-order valence-electron chi connectivity index (χ4n) is 3.19. The van der Waals surface area contributed by atoms with Gasteiger partial charge in [0.25, 0.3) is 0 Å². The van der Waals surface area contributed by atoms with Gasteiger partial charge in [0.2, 0.25) is 0 Å². The van der Waals surface area contributed by atoms with Crippen LogP contribution in [0.1, 0.15) is 18.4 Å². The van der Waals surface area contributed by atoms with Gasteiger partial charge in [0.1, 0.15) is 11.6 Å². The van der Waals surface area contributed by atoms with Crippen molar-refractivity contribution in [2.75, 3.05) is 18.0 Å². The molecule has 1 fully saturated rings. The molecule has 0 atom stereocenters. The van der Waals surface area contributed by atoms with Gasteiger partial charge in [0.05, 0.1) is 22.3 Å². The normalized spacial score (nSPS) is 15.3. The molecule has 0 spiro atoms. The molecule has 25 heavy (non-hydrogen) atoms. The summed E-state index contributed by atoms with van der Waals surface area (Å²) in [6.07, 6.45) is -2.32. The zero-order valence-electron chi connectivity index (χ0n) is 13.2. The van der Waals surface area contributed by atoms with Gasteiger partial charge in [-0.1, -0.05) is 0 Å². The second-order valence-corrected chi connectivity index (χ2v) is 6.18. The van der Waals surface area contributed by atoms with Gasteiger partial charge in [-0.2, -0.15) is 13.2 Å². The molecule has 0 aliphatic carbocycles. The van der Waals surface area contributed by atoms with Crippen LogP contribution in [-0.4, -0.2) is 23.1 Å². The van der Waals surface area contributed by atoms with E-state index < -0.39 is 11.7 Å². The minimum atomic E-state index is -4.41. The quantitative estimate of drug-likeness (QED) is 0.661. The Morgan fingerprint density at radius 2 is 1.76 bits per heavy atom. The van der Waals surface area contributed by atoms with Crippen LogP contribution in [0, 0.1) is 5.82 Å². The van der Waals surface area contributed by atoms with Crippen molar-refractivity contribution >= 4 is 16.7 Å². The maximum absolute atomic E-state index is 14.4. The van der Waals surface area contributed by atoms with E-state index in [1.165, 1.54) is 12.1 Å². The highest BCUT2D eigenvalue weighted by Crippen LogP contribution is 2.32. The smallest absolute Gasteiger partial charge is 0.369 e. The molecule has 0 unspecified atom stereocenters. The molecule has 1 aromatic heterocycles. The molecule has 1 aliphatic rings. The number of hydrogen-bond donors (Lipinski definition) is 1. The van der Waals surface area contributed by atoms with Gasteiger partial charge in [-0.15, -0.1) is 0 Å². The Kier molecular flexibility index (Phi) is 3.67. The highest BCUT2D eigenvalue weighted by molar-refractivity contribution is 5.80. The number of anilines is 1. The van der Waals surface area contributed by atoms with Gasteiger partial charge >= 0.3 is 6.18 Å². The fraction of sp³-hybridized carbons (Fsp3) is 0.278. The average Bonchev–Trinajstić information content (AvgIpc) is 3.22. The Morgan fingerprint density at radius 3 is 2.44 bits per heavy atom.